The van der Waals surface area contributed by atoms with E-state index in [0.29, 0.717) is 24.7 Å². The zero-order valence-electron chi connectivity index (χ0n) is 24.8. The lowest BCUT2D eigenvalue weighted by Crippen LogP contribution is -2.58. The number of carbonyl (C=O) groups excluding carboxylic acids is 1. The van der Waals surface area contributed by atoms with Crippen LogP contribution in [0.1, 0.15) is 36.0 Å². The number of halogens is 4. The second-order valence-corrected chi connectivity index (χ2v) is 13.1. The zero-order chi connectivity index (χ0) is 33.0. The summed E-state index contributed by atoms with van der Waals surface area (Å²) in [5, 5.41) is 5.83. The summed E-state index contributed by atoms with van der Waals surface area (Å²) in [6, 6.07) is 13.5. The lowest BCUT2D eigenvalue weighted by Gasteiger charge is -2.40. The molecule has 4 N–H and O–H groups in total. The van der Waals surface area contributed by atoms with Crippen LogP contribution in [-0.2, 0) is 21.2 Å². The molecule has 0 spiro atoms. The summed E-state index contributed by atoms with van der Waals surface area (Å²) in [6.45, 7) is 2.57. The van der Waals surface area contributed by atoms with Crippen molar-refractivity contribution in [3.05, 3.63) is 125 Å². The van der Waals surface area contributed by atoms with Gasteiger partial charge in [-0.1, -0.05) is 30.3 Å². The number of pyridine rings is 1. The molecule has 1 saturated heterocycles. The van der Waals surface area contributed by atoms with E-state index in [1.807, 2.05) is 0 Å². The number of anilines is 1. The maximum atomic E-state index is 15.2. The van der Waals surface area contributed by atoms with Crippen LogP contribution in [0.15, 0.2) is 90.1 Å². The van der Waals surface area contributed by atoms with Gasteiger partial charge in [-0.2, -0.15) is 4.31 Å². The number of sulfonamides is 1. The molecule has 13 heteroatoms. The first kappa shape index (κ1) is 33.2. The maximum absolute atomic E-state index is 15.2. The van der Waals surface area contributed by atoms with Gasteiger partial charge >= 0.3 is 0 Å². The lowest BCUT2D eigenvalue weighted by atomic mass is 9.84. The molecule has 1 aliphatic rings. The predicted molar refractivity (Wildman–Crippen MR) is 165 cm³/mol. The first-order valence-electron chi connectivity index (χ1n) is 14.6. The summed E-state index contributed by atoms with van der Waals surface area (Å²) >= 11 is 0. The SMILES string of the molecule is C[C@@H]1CNC[C@H](CCc2c(F)cncc2NC(=O)[C@@H](N)[C@@H](c2ccc(F)cc2)c2cc(F)cc(F)c2)N1S(=O)(=O)c1ccccc1. The third-order valence-electron chi connectivity index (χ3n) is 8.06. The standard InChI is InChI=1S/C33H33F4N5O3S/c1-20-16-39-17-26(42(20)46(44,45)27-5-3-2-4-6-27)11-12-28-29(37)18-40-19-30(28)41-33(43)32(38)31(21-7-9-23(34)10-8-21)22-13-24(35)15-25(36)14-22/h2-10,13-15,18-20,26,31-32,39H,11-12,16-17,38H2,1H3,(H,41,43)/t20-,26+,31+,32+/m1/s1. The molecular formula is C33H33F4N5O3S. The fourth-order valence-electron chi connectivity index (χ4n) is 5.91. The Hall–Kier alpha value is -4.17. The summed E-state index contributed by atoms with van der Waals surface area (Å²) in [4.78, 5) is 17.6. The molecule has 1 aromatic heterocycles. The summed E-state index contributed by atoms with van der Waals surface area (Å²) < 4.78 is 86.0. The van der Waals surface area contributed by atoms with Gasteiger partial charge in [-0.05, 0) is 67.3 Å². The molecule has 4 atom stereocenters. The highest BCUT2D eigenvalue weighted by Gasteiger charge is 2.38. The van der Waals surface area contributed by atoms with Crippen LogP contribution in [0.5, 0.6) is 0 Å². The van der Waals surface area contributed by atoms with Gasteiger partial charge in [0, 0.05) is 42.7 Å². The quantitative estimate of drug-likeness (QED) is 0.213. The maximum Gasteiger partial charge on any atom is 0.243 e. The van der Waals surface area contributed by atoms with Crippen LogP contribution in [0.2, 0.25) is 0 Å². The van der Waals surface area contributed by atoms with Gasteiger partial charge in [0.1, 0.15) is 23.3 Å². The molecule has 0 unspecified atom stereocenters. The number of hydrogen-bond donors (Lipinski definition) is 3. The van der Waals surface area contributed by atoms with Crippen molar-refractivity contribution in [3.8, 4) is 0 Å². The monoisotopic (exact) mass is 655 g/mol. The van der Waals surface area contributed by atoms with Crippen molar-refractivity contribution in [2.24, 2.45) is 5.73 Å². The molecule has 46 heavy (non-hydrogen) atoms. The summed E-state index contributed by atoms with van der Waals surface area (Å²) in [7, 11) is -3.86. The van der Waals surface area contributed by atoms with Crippen molar-refractivity contribution in [3.63, 3.8) is 0 Å². The first-order chi connectivity index (χ1) is 22.0. The Morgan fingerprint density at radius 2 is 1.63 bits per heavy atom. The van der Waals surface area contributed by atoms with Crippen molar-refractivity contribution in [2.75, 3.05) is 18.4 Å². The van der Waals surface area contributed by atoms with Crippen molar-refractivity contribution in [2.45, 2.75) is 48.7 Å². The average molecular weight is 656 g/mol. The van der Waals surface area contributed by atoms with E-state index in [9.17, 15) is 26.4 Å². The predicted octanol–water partition coefficient (Wildman–Crippen LogP) is 4.72. The molecule has 0 aliphatic carbocycles. The molecule has 2 heterocycles. The van der Waals surface area contributed by atoms with Crippen LogP contribution in [-0.4, -0.2) is 54.8 Å². The highest BCUT2D eigenvalue weighted by atomic mass is 32.2. The zero-order valence-corrected chi connectivity index (χ0v) is 25.7. The number of nitrogens with one attached hydrogen (secondary N) is 2. The van der Waals surface area contributed by atoms with Crippen molar-refractivity contribution in [1.29, 1.82) is 0 Å². The van der Waals surface area contributed by atoms with E-state index >= 15 is 4.39 Å². The van der Waals surface area contributed by atoms with Gasteiger partial charge < -0.3 is 16.4 Å². The largest absolute Gasteiger partial charge is 0.323 e. The van der Waals surface area contributed by atoms with Crippen LogP contribution >= 0.6 is 0 Å². The highest BCUT2D eigenvalue weighted by molar-refractivity contribution is 7.89. The van der Waals surface area contributed by atoms with Gasteiger partial charge in [0.15, 0.2) is 0 Å². The van der Waals surface area contributed by atoms with Crippen LogP contribution in [0.25, 0.3) is 0 Å². The second kappa shape index (κ2) is 14.1. The van der Waals surface area contributed by atoms with Crippen LogP contribution in [0.3, 0.4) is 0 Å². The van der Waals surface area contributed by atoms with Crippen LogP contribution < -0.4 is 16.4 Å². The number of rotatable bonds is 10. The van der Waals surface area contributed by atoms with E-state index in [4.69, 9.17) is 5.73 Å². The molecule has 0 radical (unpaired) electrons. The number of aromatic nitrogens is 1. The van der Waals surface area contributed by atoms with Crippen LogP contribution in [0, 0.1) is 23.3 Å². The fraction of sp³-hybridized carbons (Fsp3) is 0.273. The Balaban J connectivity index is 1.39. The molecule has 1 fully saturated rings. The molecule has 1 amide bonds. The Kier molecular flexibility index (Phi) is 10.2. The Morgan fingerprint density at radius 1 is 0.957 bits per heavy atom. The van der Waals surface area contributed by atoms with Gasteiger partial charge in [-0.15, -0.1) is 0 Å². The minimum atomic E-state index is -3.86. The van der Waals surface area contributed by atoms with E-state index in [1.165, 1.54) is 34.8 Å². The molecule has 242 valence electrons. The summed E-state index contributed by atoms with van der Waals surface area (Å²) in [6.07, 6.45) is 2.48. The van der Waals surface area contributed by atoms with Gasteiger partial charge in [-0.3, -0.25) is 9.78 Å². The number of nitrogens with two attached hydrogens (primary N) is 1. The number of benzene rings is 3. The average Bonchev–Trinajstić information content (AvgIpc) is 3.01. The third kappa shape index (κ3) is 7.28. The molecule has 4 aromatic rings. The van der Waals surface area contributed by atoms with E-state index in [0.717, 1.165) is 30.5 Å². The Morgan fingerprint density at radius 3 is 2.30 bits per heavy atom. The minimum absolute atomic E-state index is 0.0120. The number of nitrogens with zero attached hydrogens (tertiary/aromatic N) is 2. The fourth-order valence-corrected chi connectivity index (χ4v) is 7.77. The number of carbonyl (C=O) groups is 1. The van der Waals surface area contributed by atoms with Crippen LogP contribution in [0.4, 0.5) is 23.2 Å². The van der Waals surface area contributed by atoms with Crippen molar-refractivity contribution in [1.82, 2.24) is 14.6 Å². The first-order valence-corrected chi connectivity index (χ1v) is 16.1. The lowest BCUT2D eigenvalue weighted by molar-refractivity contribution is -0.117. The van der Waals surface area contributed by atoms with Crippen molar-refractivity contribution < 1.29 is 30.8 Å². The molecule has 0 bridgehead atoms. The van der Waals surface area contributed by atoms with Gasteiger partial charge in [-0.25, -0.2) is 26.0 Å². The third-order valence-corrected chi connectivity index (χ3v) is 10.1. The normalized spacial score (nSPS) is 18.6. The smallest absolute Gasteiger partial charge is 0.243 e. The number of piperazine rings is 1. The number of amides is 1. The molecule has 3 aromatic carbocycles. The highest BCUT2D eigenvalue weighted by Crippen LogP contribution is 2.31. The molecular weight excluding hydrogens is 622 g/mol. The van der Waals surface area contributed by atoms with E-state index < -0.39 is 57.2 Å². The minimum Gasteiger partial charge on any atom is -0.323 e. The van der Waals surface area contributed by atoms with Gasteiger partial charge in [0.25, 0.3) is 0 Å². The van der Waals surface area contributed by atoms with E-state index in [-0.39, 0.29) is 40.6 Å². The topological polar surface area (TPSA) is 117 Å². The molecule has 5 rings (SSSR count). The second-order valence-electron chi connectivity index (χ2n) is 11.2. The molecule has 8 nitrogen and oxygen atoms in total. The Bertz CT molecular complexity index is 1770. The summed E-state index contributed by atoms with van der Waals surface area (Å²) in [5.41, 5.74) is 6.85. The van der Waals surface area contributed by atoms with Gasteiger partial charge in [0.2, 0.25) is 15.9 Å². The summed E-state index contributed by atoms with van der Waals surface area (Å²) in [5.74, 6) is -4.96. The van der Waals surface area contributed by atoms with E-state index in [2.05, 4.69) is 15.6 Å². The van der Waals surface area contributed by atoms with Crippen molar-refractivity contribution >= 4 is 21.6 Å². The Labute approximate surface area is 264 Å². The van der Waals surface area contributed by atoms with E-state index in [1.54, 1.807) is 25.1 Å². The number of hydrogen-bond acceptors (Lipinski definition) is 6. The molecule has 0 saturated carbocycles. The molecule has 1 aliphatic heterocycles. The van der Waals surface area contributed by atoms with Gasteiger partial charge in [0.05, 0.1) is 29.0 Å².